The van der Waals surface area contributed by atoms with Crippen LogP contribution in [0.5, 0.6) is 17.2 Å². The number of hydrogen-bond acceptors (Lipinski definition) is 5. The minimum absolute atomic E-state index is 0.296. The molecule has 0 aliphatic carbocycles. The first-order valence-electron chi connectivity index (χ1n) is 8.05. The van der Waals surface area contributed by atoms with Gasteiger partial charge in [-0.3, -0.25) is 4.79 Å². The van der Waals surface area contributed by atoms with Crippen LogP contribution in [0.4, 0.5) is 0 Å². The molecule has 0 saturated heterocycles. The summed E-state index contributed by atoms with van der Waals surface area (Å²) in [6, 6.07) is 12.3. The smallest absolute Gasteiger partial charge is 0.271 e. The van der Waals surface area contributed by atoms with Crippen molar-refractivity contribution < 1.29 is 19.0 Å². The number of hydrazone groups is 1. The number of nitrogens with zero attached hydrogens (tertiary/aromatic N) is 1. The zero-order valence-corrected chi connectivity index (χ0v) is 14.6. The van der Waals surface area contributed by atoms with E-state index in [1.165, 1.54) is 0 Å². The third kappa shape index (κ3) is 5.24. The van der Waals surface area contributed by atoms with Gasteiger partial charge in [-0.05, 0) is 61.9 Å². The van der Waals surface area contributed by atoms with E-state index in [1.54, 1.807) is 37.6 Å². The van der Waals surface area contributed by atoms with Gasteiger partial charge in [-0.15, -0.1) is 0 Å². The summed E-state index contributed by atoms with van der Waals surface area (Å²) in [5.74, 6) is 1.73. The maximum absolute atomic E-state index is 12.0. The molecule has 0 spiro atoms. The normalized spacial score (nSPS) is 10.5. The van der Waals surface area contributed by atoms with E-state index in [0.717, 1.165) is 5.56 Å². The Morgan fingerprint density at radius 1 is 1.04 bits per heavy atom. The van der Waals surface area contributed by atoms with Crippen molar-refractivity contribution in [2.24, 2.45) is 5.10 Å². The maximum Gasteiger partial charge on any atom is 0.271 e. The highest BCUT2D eigenvalue weighted by Crippen LogP contribution is 2.27. The Labute approximate surface area is 147 Å². The molecule has 0 heterocycles. The summed E-state index contributed by atoms with van der Waals surface area (Å²) < 4.78 is 16.1. The lowest BCUT2D eigenvalue weighted by molar-refractivity contribution is 0.0955. The molecule has 0 aliphatic heterocycles. The molecule has 0 unspecified atom stereocenters. The van der Waals surface area contributed by atoms with Crippen molar-refractivity contribution in [1.29, 1.82) is 0 Å². The molecule has 2 rings (SSSR count). The molecule has 6 heteroatoms. The van der Waals surface area contributed by atoms with Gasteiger partial charge in [0.1, 0.15) is 5.75 Å². The number of hydrogen-bond donors (Lipinski definition) is 1. The highest BCUT2D eigenvalue weighted by atomic mass is 16.5. The average molecular weight is 342 g/mol. The van der Waals surface area contributed by atoms with E-state index in [4.69, 9.17) is 14.2 Å². The summed E-state index contributed by atoms with van der Waals surface area (Å²) in [7, 11) is 1.58. The van der Waals surface area contributed by atoms with Crippen molar-refractivity contribution in [3.8, 4) is 17.2 Å². The van der Waals surface area contributed by atoms with Gasteiger partial charge in [-0.2, -0.15) is 5.10 Å². The molecule has 0 bridgehead atoms. The molecule has 132 valence electrons. The molecule has 2 aromatic rings. The minimum atomic E-state index is -0.296. The number of methoxy groups -OCH3 is 1. The van der Waals surface area contributed by atoms with E-state index < -0.39 is 0 Å². The molecule has 0 aromatic heterocycles. The number of amides is 1. The molecule has 0 aliphatic rings. The molecule has 0 atom stereocenters. The maximum atomic E-state index is 12.0. The molecule has 2 aromatic carbocycles. The molecule has 1 amide bonds. The second-order valence-corrected chi connectivity index (χ2v) is 5.00. The fraction of sp³-hybridized carbons (Fsp3) is 0.263. The zero-order chi connectivity index (χ0) is 18.1. The molecular formula is C19H22N2O4. The summed E-state index contributed by atoms with van der Waals surface area (Å²) in [6.45, 7) is 4.92. The summed E-state index contributed by atoms with van der Waals surface area (Å²) in [5, 5.41) is 3.99. The second-order valence-electron chi connectivity index (χ2n) is 5.00. The van der Waals surface area contributed by atoms with Crippen LogP contribution in [0.1, 0.15) is 29.8 Å². The predicted octanol–water partition coefficient (Wildman–Crippen LogP) is 3.26. The van der Waals surface area contributed by atoms with E-state index >= 15 is 0 Å². The fourth-order valence-electron chi connectivity index (χ4n) is 2.12. The van der Waals surface area contributed by atoms with Crippen LogP contribution in [0.25, 0.3) is 0 Å². The van der Waals surface area contributed by atoms with Gasteiger partial charge in [0.15, 0.2) is 11.5 Å². The third-order valence-electron chi connectivity index (χ3n) is 3.30. The molecule has 0 saturated carbocycles. The van der Waals surface area contributed by atoms with Crippen LogP contribution in [-0.2, 0) is 0 Å². The quantitative estimate of drug-likeness (QED) is 0.590. The van der Waals surface area contributed by atoms with Gasteiger partial charge in [0.2, 0.25) is 0 Å². The Balaban J connectivity index is 2.02. The average Bonchev–Trinajstić information content (AvgIpc) is 2.64. The standard InChI is InChI=1S/C19H22N2O4/c1-4-24-17-11-6-14(12-18(17)25-5-2)13-20-21-19(22)15-7-9-16(23-3)10-8-15/h6-13H,4-5H2,1-3H3,(H,21,22)/b20-13-. The summed E-state index contributed by atoms with van der Waals surface area (Å²) in [6.07, 6.45) is 1.56. The Morgan fingerprint density at radius 3 is 2.36 bits per heavy atom. The van der Waals surface area contributed by atoms with Gasteiger partial charge < -0.3 is 14.2 Å². The van der Waals surface area contributed by atoms with Crippen LogP contribution in [0.3, 0.4) is 0 Å². The monoisotopic (exact) mass is 342 g/mol. The van der Waals surface area contributed by atoms with Crippen molar-refractivity contribution in [3.63, 3.8) is 0 Å². The largest absolute Gasteiger partial charge is 0.497 e. The molecule has 1 N–H and O–H groups in total. The van der Waals surface area contributed by atoms with Crippen LogP contribution in [0.2, 0.25) is 0 Å². The molecular weight excluding hydrogens is 320 g/mol. The topological polar surface area (TPSA) is 69.2 Å². The number of carbonyl (C=O) groups is 1. The van der Waals surface area contributed by atoms with Crippen molar-refractivity contribution in [2.45, 2.75) is 13.8 Å². The number of nitrogens with one attached hydrogen (secondary N) is 1. The van der Waals surface area contributed by atoms with Gasteiger partial charge in [0.05, 0.1) is 26.5 Å². The van der Waals surface area contributed by atoms with Crippen molar-refractivity contribution >= 4 is 12.1 Å². The van der Waals surface area contributed by atoms with Crippen molar-refractivity contribution in [3.05, 3.63) is 53.6 Å². The molecule has 0 fully saturated rings. The Morgan fingerprint density at radius 2 is 1.72 bits per heavy atom. The Kier molecular flexibility index (Phi) is 6.83. The second kappa shape index (κ2) is 9.32. The van der Waals surface area contributed by atoms with E-state index in [9.17, 15) is 4.79 Å². The van der Waals surface area contributed by atoms with Crippen molar-refractivity contribution in [2.75, 3.05) is 20.3 Å². The Hall–Kier alpha value is -3.02. The fourth-order valence-corrected chi connectivity index (χ4v) is 2.12. The summed E-state index contributed by atoms with van der Waals surface area (Å²) in [4.78, 5) is 12.0. The van der Waals surface area contributed by atoms with E-state index in [-0.39, 0.29) is 5.91 Å². The lowest BCUT2D eigenvalue weighted by Crippen LogP contribution is -2.17. The SMILES string of the molecule is CCOc1ccc(/C=N\NC(=O)c2ccc(OC)cc2)cc1OCC. The highest BCUT2D eigenvalue weighted by molar-refractivity contribution is 5.95. The first kappa shape index (κ1) is 18.3. The van der Waals surface area contributed by atoms with Crippen LogP contribution in [0, 0.1) is 0 Å². The number of benzene rings is 2. The Bertz CT molecular complexity index is 727. The van der Waals surface area contributed by atoms with Gasteiger partial charge in [0, 0.05) is 5.56 Å². The van der Waals surface area contributed by atoms with Crippen LogP contribution in [0.15, 0.2) is 47.6 Å². The van der Waals surface area contributed by atoms with Gasteiger partial charge in [0.25, 0.3) is 5.91 Å². The molecule has 6 nitrogen and oxygen atoms in total. The predicted molar refractivity (Wildman–Crippen MR) is 96.8 cm³/mol. The van der Waals surface area contributed by atoms with Crippen LogP contribution < -0.4 is 19.6 Å². The lowest BCUT2D eigenvalue weighted by atomic mass is 10.2. The summed E-state index contributed by atoms with van der Waals surface area (Å²) in [5.41, 5.74) is 3.79. The molecule has 0 radical (unpaired) electrons. The van der Waals surface area contributed by atoms with Crippen molar-refractivity contribution in [1.82, 2.24) is 5.43 Å². The van der Waals surface area contributed by atoms with Gasteiger partial charge >= 0.3 is 0 Å². The van der Waals surface area contributed by atoms with E-state index in [2.05, 4.69) is 10.5 Å². The van der Waals surface area contributed by atoms with Gasteiger partial charge in [-0.1, -0.05) is 0 Å². The summed E-state index contributed by atoms with van der Waals surface area (Å²) >= 11 is 0. The number of carbonyl (C=O) groups excluding carboxylic acids is 1. The zero-order valence-electron chi connectivity index (χ0n) is 14.6. The van der Waals surface area contributed by atoms with E-state index in [0.29, 0.717) is 36.0 Å². The third-order valence-corrected chi connectivity index (χ3v) is 3.30. The number of rotatable bonds is 8. The first-order valence-corrected chi connectivity index (χ1v) is 8.05. The minimum Gasteiger partial charge on any atom is -0.497 e. The molecule has 25 heavy (non-hydrogen) atoms. The van der Waals surface area contributed by atoms with Gasteiger partial charge in [-0.25, -0.2) is 5.43 Å². The van der Waals surface area contributed by atoms with E-state index in [1.807, 2.05) is 32.0 Å². The lowest BCUT2D eigenvalue weighted by Gasteiger charge is -2.11. The highest BCUT2D eigenvalue weighted by Gasteiger charge is 2.06. The first-order chi connectivity index (χ1) is 12.2. The number of ether oxygens (including phenoxy) is 3. The van der Waals surface area contributed by atoms with Crippen LogP contribution >= 0.6 is 0 Å². The van der Waals surface area contributed by atoms with Crippen LogP contribution in [-0.4, -0.2) is 32.4 Å².